The highest BCUT2D eigenvalue weighted by molar-refractivity contribution is 5.93. The van der Waals surface area contributed by atoms with Gasteiger partial charge in [-0.2, -0.15) is 0 Å². The van der Waals surface area contributed by atoms with Crippen LogP contribution in [0.25, 0.3) is 0 Å². The van der Waals surface area contributed by atoms with E-state index in [-0.39, 0.29) is 34.3 Å². The topological polar surface area (TPSA) is 104 Å². The summed E-state index contributed by atoms with van der Waals surface area (Å²) >= 11 is 0. The number of aromatic carboxylic acids is 1. The number of benzene rings is 2. The van der Waals surface area contributed by atoms with Gasteiger partial charge < -0.3 is 21.1 Å². The number of carbonyl (C=O) groups is 1. The van der Waals surface area contributed by atoms with Gasteiger partial charge in [0.25, 0.3) is 0 Å². The van der Waals surface area contributed by atoms with E-state index < -0.39 is 11.7 Å². The Morgan fingerprint density at radius 3 is 2.00 bits per heavy atom. The molecule has 0 spiro atoms. The Hall–Kier alpha value is -2.69. The predicted octanol–water partition coefficient (Wildman–Crippen LogP) is 4.56. The molecule has 0 unspecified atom stereocenters. The second kappa shape index (κ2) is 6.80. The lowest BCUT2D eigenvalue weighted by Gasteiger charge is -2.27. The Bertz CT molecular complexity index is 887. The van der Waals surface area contributed by atoms with Gasteiger partial charge in [0.05, 0.1) is 5.69 Å². The van der Waals surface area contributed by atoms with Gasteiger partial charge in [-0.25, -0.2) is 4.79 Å². The normalized spacial score (nSPS) is 12.2. The van der Waals surface area contributed by atoms with Crippen LogP contribution in [0.3, 0.4) is 0 Å². The average Bonchev–Trinajstić information content (AvgIpc) is 2.51. The summed E-state index contributed by atoms with van der Waals surface area (Å²) in [5.74, 6) is -1.47. The summed E-state index contributed by atoms with van der Waals surface area (Å²) in [6.45, 7) is 12.5. The number of hydrogen-bond donors (Lipinski definition) is 4. The molecule has 27 heavy (non-hydrogen) atoms. The smallest absolute Gasteiger partial charge is 0.339 e. The summed E-state index contributed by atoms with van der Waals surface area (Å²) in [5.41, 5.74) is 8.59. The van der Waals surface area contributed by atoms with Crippen molar-refractivity contribution < 1.29 is 20.1 Å². The predicted molar refractivity (Wildman–Crippen MR) is 108 cm³/mol. The van der Waals surface area contributed by atoms with Crippen LogP contribution in [0, 0.1) is 0 Å². The van der Waals surface area contributed by atoms with Crippen molar-refractivity contribution >= 4 is 11.7 Å². The molecule has 0 aliphatic carbocycles. The number of hydrogen-bond acceptors (Lipinski definition) is 4. The minimum atomic E-state index is -1.24. The zero-order valence-corrected chi connectivity index (χ0v) is 16.8. The second-order valence-electron chi connectivity index (χ2n) is 9.05. The molecule has 2 aromatic rings. The van der Waals surface area contributed by atoms with E-state index in [0.29, 0.717) is 11.1 Å². The maximum absolute atomic E-state index is 11.2. The molecule has 5 nitrogen and oxygen atoms in total. The largest absolute Gasteiger partial charge is 0.507 e. The van der Waals surface area contributed by atoms with Crippen LogP contribution in [0.15, 0.2) is 24.3 Å². The lowest BCUT2D eigenvalue weighted by Crippen LogP contribution is -2.17. The minimum absolute atomic E-state index is 0.0211. The van der Waals surface area contributed by atoms with E-state index in [4.69, 9.17) is 10.8 Å². The monoisotopic (exact) mass is 371 g/mol. The molecule has 5 heteroatoms. The highest BCUT2D eigenvalue weighted by Crippen LogP contribution is 2.39. The van der Waals surface area contributed by atoms with Crippen LogP contribution in [-0.4, -0.2) is 21.3 Å². The highest BCUT2D eigenvalue weighted by atomic mass is 16.4. The van der Waals surface area contributed by atoms with Crippen molar-refractivity contribution in [3.8, 4) is 11.5 Å². The Morgan fingerprint density at radius 1 is 0.926 bits per heavy atom. The van der Waals surface area contributed by atoms with E-state index in [1.54, 1.807) is 6.07 Å². The molecule has 146 valence electrons. The molecule has 0 aromatic heterocycles. The summed E-state index contributed by atoms with van der Waals surface area (Å²) in [4.78, 5) is 11.2. The van der Waals surface area contributed by atoms with Crippen LogP contribution in [0.5, 0.6) is 11.5 Å². The van der Waals surface area contributed by atoms with E-state index in [1.807, 2.05) is 32.9 Å². The standard InChI is InChI=1S/C22H29NO4/c1-21(2,3)14-10-13(18(24)16(11-14)22(4,5)6)9-12-7-8-15(20(26)27)19(25)17(12)23/h7-8,10-11,24-25H,9,23H2,1-6H3,(H,26,27). The Labute approximate surface area is 160 Å². The van der Waals surface area contributed by atoms with Gasteiger partial charge in [0.15, 0.2) is 5.75 Å². The number of carboxylic acid groups (broad SMARTS) is 1. The van der Waals surface area contributed by atoms with E-state index in [1.165, 1.54) is 6.07 Å². The van der Waals surface area contributed by atoms with Crippen LogP contribution in [-0.2, 0) is 17.3 Å². The number of nitrogens with two attached hydrogens (primary N) is 1. The molecule has 0 amide bonds. The number of carboxylic acids is 1. The summed E-state index contributed by atoms with van der Waals surface area (Å²) in [5, 5.41) is 30.1. The van der Waals surface area contributed by atoms with Crippen LogP contribution >= 0.6 is 0 Å². The summed E-state index contributed by atoms with van der Waals surface area (Å²) in [6, 6.07) is 6.90. The van der Waals surface area contributed by atoms with Crippen molar-refractivity contribution in [3.63, 3.8) is 0 Å². The molecule has 0 aliphatic rings. The SMILES string of the molecule is CC(C)(C)c1cc(Cc2ccc(C(=O)O)c(O)c2N)c(O)c(C(C)(C)C)c1. The first-order valence-electron chi connectivity index (χ1n) is 8.94. The van der Waals surface area contributed by atoms with Crippen LogP contribution in [0.4, 0.5) is 5.69 Å². The summed E-state index contributed by atoms with van der Waals surface area (Å²) in [6.07, 6.45) is 0.290. The number of phenolic OH excluding ortho intramolecular Hbond substituents is 1. The zero-order valence-electron chi connectivity index (χ0n) is 16.8. The maximum atomic E-state index is 11.2. The van der Waals surface area contributed by atoms with Crippen LogP contribution in [0.2, 0.25) is 0 Å². The lowest BCUT2D eigenvalue weighted by atomic mass is 9.78. The number of anilines is 1. The molecule has 0 atom stereocenters. The first kappa shape index (κ1) is 20.6. The molecule has 2 aromatic carbocycles. The summed E-state index contributed by atoms with van der Waals surface area (Å²) < 4.78 is 0. The quantitative estimate of drug-likeness (QED) is 0.467. The molecule has 0 saturated heterocycles. The van der Waals surface area contributed by atoms with Gasteiger partial charge in [0.2, 0.25) is 0 Å². The van der Waals surface area contributed by atoms with Crippen LogP contribution in [0.1, 0.15) is 74.2 Å². The zero-order chi connectivity index (χ0) is 20.7. The third kappa shape index (κ3) is 4.18. The molecule has 0 aliphatic heterocycles. The van der Waals surface area contributed by atoms with Gasteiger partial charge in [-0.1, -0.05) is 59.7 Å². The fourth-order valence-corrected chi connectivity index (χ4v) is 3.02. The fourth-order valence-electron chi connectivity index (χ4n) is 3.02. The molecule has 5 N–H and O–H groups in total. The molecular formula is C22H29NO4. The Balaban J connectivity index is 2.63. The van der Waals surface area contributed by atoms with E-state index in [2.05, 4.69) is 20.8 Å². The average molecular weight is 371 g/mol. The summed E-state index contributed by atoms with van der Waals surface area (Å²) in [7, 11) is 0. The number of nitrogen functional groups attached to an aromatic ring is 1. The first-order chi connectivity index (χ1) is 12.2. The van der Waals surface area contributed by atoms with Gasteiger partial charge in [-0.05, 0) is 39.2 Å². The van der Waals surface area contributed by atoms with Crippen molar-refractivity contribution in [2.24, 2.45) is 0 Å². The molecular weight excluding hydrogens is 342 g/mol. The Kier molecular flexibility index (Phi) is 5.19. The van der Waals surface area contributed by atoms with E-state index in [0.717, 1.165) is 11.1 Å². The van der Waals surface area contributed by atoms with Crippen molar-refractivity contribution in [1.82, 2.24) is 0 Å². The molecule has 0 bridgehead atoms. The van der Waals surface area contributed by atoms with Gasteiger partial charge in [0.1, 0.15) is 11.3 Å². The highest BCUT2D eigenvalue weighted by Gasteiger charge is 2.25. The van der Waals surface area contributed by atoms with Gasteiger partial charge >= 0.3 is 5.97 Å². The van der Waals surface area contributed by atoms with Crippen molar-refractivity contribution in [1.29, 1.82) is 0 Å². The third-order valence-electron chi connectivity index (χ3n) is 4.78. The number of aromatic hydroxyl groups is 2. The number of phenols is 2. The molecule has 0 saturated carbocycles. The van der Waals surface area contributed by atoms with E-state index >= 15 is 0 Å². The molecule has 2 rings (SSSR count). The lowest BCUT2D eigenvalue weighted by molar-refractivity contribution is 0.0694. The van der Waals surface area contributed by atoms with Gasteiger partial charge in [-0.3, -0.25) is 0 Å². The molecule has 0 heterocycles. The van der Waals surface area contributed by atoms with Crippen molar-refractivity contribution in [2.75, 3.05) is 5.73 Å². The Morgan fingerprint density at radius 2 is 1.52 bits per heavy atom. The number of rotatable bonds is 3. The van der Waals surface area contributed by atoms with E-state index in [9.17, 15) is 15.0 Å². The second-order valence-corrected chi connectivity index (χ2v) is 9.05. The molecule has 0 fully saturated rings. The fraction of sp³-hybridized carbons (Fsp3) is 0.409. The van der Waals surface area contributed by atoms with Crippen molar-refractivity contribution in [3.05, 3.63) is 52.1 Å². The molecule has 0 radical (unpaired) electrons. The van der Waals surface area contributed by atoms with Crippen molar-refractivity contribution in [2.45, 2.75) is 58.8 Å². The maximum Gasteiger partial charge on any atom is 0.339 e. The third-order valence-corrected chi connectivity index (χ3v) is 4.78. The minimum Gasteiger partial charge on any atom is -0.507 e. The van der Waals surface area contributed by atoms with Crippen LogP contribution < -0.4 is 5.73 Å². The van der Waals surface area contributed by atoms with Gasteiger partial charge in [0, 0.05) is 6.42 Å². The first-order valence-corrected chi connectivity index (χ1v) is 8.94. The van der Waals surface area contributed by atoms with Gasteiger partial charge in [-0.15, -0.1) is 0 Å².